The van der Waals surface area contributed by atoms with Crippen molar-refractivity contribution in [3.63, 3.8) is 0 Å². The second-order valence-electron chi connectivity index (χ2n) is 2.95. The molecule has 0 fully saturated rings. The molecule has 1 rings (SSSR count). The van der Waals surface area contributed by atoms with Crippen molar-refractivity contribution in [2.75, 3.05) is 26.1 Å². The van der Waals surface area contributed by atoms with E-state index in [1.165, 1.54) is 0 Å². The summed E-state index contributed by atoms with van der Waals surface area (Å²) in [7, 11) is 5.41. The van der Waals surface area contributed by atoms with E-state index < -0.39 is 0 Å². The number of rotatable bonds is 2. The molecule has 17 heavy (non-hydrogen) atoms. The van der Waals surface area contributed by atoms with Gasteiger partial charge < -0.3 is 26.6 Å². The molecule has 92 valence electrons. The van der Waals surface area contributed by atoms with Gasteiger partial charge in [-0.25, -0.2) is 0 Å². The van der Waals surface area contributed by atoms with Crippen LogP contribution in [0.2, 0.25) is 0 Å². The fourth-order valence-electron chi connectivity index (χ4n) is 1.09. The fourth-order valence-corrected chi connectivity index (χ4v) is 1.09. The molecular weight excluding hydrogens is 471 g/mol. The Morgan fingerprint density at radius 1 is 1.35 bits per heavy atom. The van der Waals surface area contributed by atoms with Crippen LogP contribution in [0.25, 0.3) is 4.98 Å². The molecule has 0 saturated carbocycles. The van der Waals surface area contributed by atoms with Gasteiger partial charge in [-0.15, -0.1) is 0 Å². The van der Waals surface area contributed by atoms with Crippen molar-refractivity contribution in [3.8, 4) is 5.75 Å². The number of methoxy groups -OCH3 is 1. The van der Waals surface area contributed by atoms with E-state index in [-0.39, 0.29) is 30.2 Å². The van der Waals surface area contributed by atoms with Gasteiger partial charge in [0.2, 0.25) is 5.39 Å². The molecule has 0 unspecified atom stereocenters. The van der Waals surface area contributed by atoms with E-state index in [1.54, 1.807) is 25.3 Å². The summed E-state index contributed by atoms with van der Waals surface area (Å²) < 4.78 is 5.14. The third-order valence-electron chi connectivity index (χ3n) is 1.76. The Morgan fingerprint density at radius 3 is 2.24 bits per heavy atom. The van der Waals surface area contributed by atoms with Gasteiger partial charge in [-0.2, -0.15) is 0 Å². The summed E-state index contributed by atoms with van der Waals surface area (Å²) in [6, 6.07) is 5.20. The van der Waals surface area contributed by atoms with Crippen LogP contribution in [0.5, 0.6) is 5.75 Å². The molecule has 0 amide bonds. The molecule has 0 aliphatic rings. The van der Waals surface area contributed by atoms with E-state index in [0.29, 0.717) is 5.69 Å². The van der Waals surface area contributed by atoms with Crippen molar-refractivity contribution in [2.24, 2.45) is 0 Å². The first-order valence-corrected chi connectivity index (χ1v) is 18.3. The van der Waals surface area contributed by atoms with Crippen LogP contribution in [0.4, 0.5) is 11.4 Å². The number of benzene rings is 1. The standard InChI is InChI=1S/C9H12N3O.3BrH.Zn/c1-12(2)8-6-7(11-10)4-5-9(8)13-3;;;;/h4-6H,1-3H3;3*1H;/q+1;;;;+2/p-3. The van der Waals surface area contributed by atoms with E-state index in [4.69, 9.17) is 10.1 Å². The summed E-state index contributed by atoms with van der Waals surface area (Å²) in [5.74, 6) is 0.761. The summed E-state index contributed by atoms with van der Waals surface area (Å²) in [6.07, 6.45) is 0. The number of ether oxygens (including phenoxy) is 1. The van der Waals surface area contributed by atoms with E-state index in [9.17, 15) is 0 Å². The summed E-state index contributed by atoms with van der Waals surface area (Å²) in [4.78, 5) is 5.00. The summed E-state index contributed by atoms with van der Waals surface area (Å²) in [5, 5.41) is 8.57. The molecule has 0 bridgehead atoms. The minimum atomic E-state index is -0.250. The summed E-state index contributed by atoms with van der Waals surface area (Å²) in [5.41, 5.74) is 1.40. The predicted octanol–water partition coefficient (Wildman–Crippen LogP) is 0.938. The van der Waals surface area contributed by atoms with Crippen LogP contribution >= 0.6 is 27.2 Å². The molecule has 0 radical (unpaired) electrons. The van der Waals surface area contributed by atoms with Gasteiger partial charge in [-0.05, 0) is 6.07 Å². The second kappa shape index (κ2) is 11.4. The number of diazo groups is 1. The van der Waals surface area contributed by atoms with Gasteiger partial charge in [0, 0.05) is 20.2 Å². The third-order valence-corrected chi connectivity index (χ3v) is 1.76. The van der Waals surface area contributed by atoms with Gasteiger partial charge >= 0.3 is 46.1 Å². The molecule has 0 aliphatic carbocycles. The topological polar surface area (TPSA) is 40.6 Å². The normalized spacial score (nSPS) is 7.53. The average Bonchev–Trinajstić information content (AvgIpc) is 2.29. The van der Waals surface area contributed by atoms with Gasteiger partial charge in [-0.3, -0.25) is 0 Å². The maximum atomic E-state index is 8.57. The average molecular weight is 483 g/mol. The van der Waals surface area contributed by atoms with Gasteiger partial charge in [0.15, 0.2) is 4.98 Å². The van der Waals surface area contributed by atoms with Crippen molar-refractivity contribution in [2.45, 2.75) is 0 Å². The van der Waals surface area contributed by atoms with Gasteiger partial charge in [0.05, 0.1) is 18.9 Å². The van der Waals surface area contributed by atoms with Crippen molar-refractivity contribution >= 4 is 38.6 Å². The zero-order valence-electron chi connectivity index (χ0n) is 9.82. The maximum absolute atomic E-state index is 8.57. The van der Waals surface area contributed by atoms with Gasteiger partial charge in [0.1, 0.15) is 5.75 Å². The molecule has 0 spiro atoms. The Labute approximate surface area is 133 Å². The first kappa shape index (κ1) is 19.6. The van der Waals surface area contributed by atoms with E-state index in [0.717, 1.165) is 11.4 Å². The van der Waals surface area contributed by atoms with Crippen LogP contribution in [0.15, 0.2) is 18.2 Å². The quantitative estimate of drug-likeness (QED) is 0.465. The van der Waals surface area contributed by atoms with Gasteiger partial charge in [-0.1, -0.05) is 0 Å². The molecule has 4 nitrogen and oxygen atoms in total. The van der Waals surface area contributed by atoms with Crippen molar-refractivity contribution < 1.29 is 34.9 Å². The Hall–Kier alpha value is 0.303. The Balaban J connectivity index is 0. The first-order chi connectivity index (χ1) is 7.60. The summed E-state index contributed by atoms with van der Waals surface area (Å²) >= 11 is 6.25. The number of halogens is 3. The zero-order chi connectivity index (χ0) is 12.6. The molecule has 0 aromatic heterocycles. The molecule has 0 aliphatic heterocycles. The van der Waals surface area contributed by atoms with Crippen LogP contribution < -0.4 is 26.6 Å². The van der Waals surface area contributed by atoms with E-state index in [1.807, 2.05) is 19.0 Å². The molecule has 1 aromatic carbocycles. The molecule has 0 saturated heterocycles. The SMILES string of the molecule is COc1ccc([N+]#N)cc1N(C)C.[Br-].[Br][Zn][Br]. The fraction of sp³-hybridized carbons (Fsp3) is 0.333. The zero-order valence-corrected chi connectivity index (χ0v) is 17.5. The Morgan fingerprint density at radius 2 is 1.88 bits per heavy atom. The molecule has 0 N–H and O–H groups in total. The summed E-state index contributed by atoms with van der Waals surface area (Å²) in [6.45, 7) is 0. The molecule has 1 aromatic rings. The molecule has 0 heterocycles. The third kappa shape index (κ3) is 7.35. The number of anilines is 1. The first-order valence-electron chi connectivity index (χ1n) is 4.43. The van der Waals surface area contributed by atoms with Crippen molar-refractivity contribution in [1.82, 2.24) is 0 Å². The number of hydrogen-bond donors (Lipinski definition) is 0. The molecular formula is C9H12Br3N3OZn. The number of hydrogen-bond acceptors (Lipinski definition) is 3. The van der Waals surface area contributed by atoms with Crippen molar-refractivity contribution in [1.29, 1.82) is 5.39 Å². The van der Waals surface area contributed by atoms with Crippen molar-refractivity contribution in [3.05, 3.63) is 23.2 Å². The monoisotopic (exact) mass is 479 g/mol. The Bertz CT molecular complexity index is 371. The van der Waals surface area contributed by atoms with Crippen LogP contribution in [0, 0.1) is 5.39 Å². The predicted molar refractivity (Wildman–Crippen MR) is 69.9 cm³/mol. The van der Waals surface area contributed by atoms with Crippen LogP contribution in [-0.2, 0) is 13.2 Å². The number of nitrogens with zero attached hydrogens (tertiary/aromatic N) is 3. The molecule has 0 atom stereocenters. The van der Waals surface area contributed by atoms with Gasteiger partial charge in [0.25, 0.3) is 0 Å². The molecule has 8 heteroatoms. The second-order valence-corrected chi connectivity index (χ2v) is 17.0. The van der Waals surface area contributed by atoms with Crippen LogP contribution in [0.3, 0.4) is 0 Å². The Kier molecular flexibility index (Phi) is 13.2. The van der Waals surface area contributed by atoms with E-state index >= 15 is 0 Å². The van der Waals surface area contributed by atoms with Crippen LogP contribution in [-0.4, -0.2) is 21.2 Å². The van der Waals surface area contributed by atoms with Crippen LogP contribution in [0.1, 0.15) is 0 Å². The minimum absolute atomic E-state index is 0. The van der Waals surface area contributed by atoms with E-state index in [2.05, 4.69) is 32.2 Å².